The Hall–Kier alpha value is -1.87. The van der Waals surface area contributed by atoms with E-state index in [0.717, 1.165) is 10.9 Å². The van der Waals surface area contributed by atoms with Crippen LogP contribution in [-0.2, 0) is 22.7 Å². The Kier molecular flexibility index (Phi) is 9.84. The van der Waals surface area contributed by atoms with Crippen LogP contribution >= 0.6 is 15.6 Å². The molecular weight excluding hydrogens is 538 g/mol. The fourth-order valence-electron chi connectivity index (χ4n) is 2.70. The normalized spacial score (nSPS) is 24.4. The van der Waals surface area contributed by atoms with E-state index in [4.69, 9.17) is 41.3 Å². The van der Waals surface area contributed by atoms with Crippen molar-refractivity contribution < 1.29 is 62.9 Å². The van der Waals surface area contributed by atoms with Crippen molar-refractivity contribution in [2.75, 3.05) is 32.2 Å². The standard InChI is InChI=1S/C10H15N5O11P2.C4H11NO3/c11-10-13-7-4(8(18)14-10)12-2-15(7)9-6(17)5(16)3(25-9)1-24-28(22,23)26-27(19,20)21;5-4(1-6,2-7)3-8/h2-3,5-6,9,16-17H,1H2,(H,22,23)(H2,19,20,21)(H3,11,13,14,18);6-8H,1-3,5H2/t3-,5-,6-,9-;/m1./s1. The Balaban J connectivity index is 0.000000493. The summed E-state index contributed by atoms with van der Waals surface area (Å²) in [7, 11) is -10.5. The highest BCUT2D eigenvalue weighted by molar-refractivity contribution is 7.60. The van der Waals surface area contributed by atoms with Gasteiger partial charge in [0.25, 0.3) is 5.56 Å². The number of nitrogens with one attached hydrogen (secondary N) is 1. The SMILES string of the molecule is NC(CO)(CO)CO.Nc1nc2c(ncn2[C@@H]2O[C@H](COP(=O)(O)OP(=O)(O)O)[C@@H](O)[C@H]2O)c(=O)[nH]1. The van der Waals surface area contributed by atoms with Gasteiger partial charge in [-0.3, -0.25) is 18.9 Å². The zero-order valence-corrected chi connectivity index (χ0v) is 19.9. The van der Waals surface area contributed by atoms with Gasteiger partial charge in [-0.1, -0.05) is 0 Å². The molecule has 36 heavy (non-hydrogen) atoms. The van der Waals surface area contributed by atoms with Crippen molar-refractivity contribution in [2.45, 2.75) is 30.1 Å². The number of aromatic amines is 1. The first-order valence-corrected chi connectivity index (χ1v) is 12.7. The largest absolute Gasteiger partial charge is 0.481 e. The highest BCUT2D eigenvalue weighted by atomic mass is 31.3. The van der Waals surface area contributed by atoms with E-state index in [-0.39, 0.29) is 17.1 Å². The maximum absolute atomic E-state index is 11.8. The van der Waals surface area contributed by atoms with Gasteiger partial charge in [-0.2, -0.15) is 9.29 Å². The van der Waals surface area contributed by atoms with Crippen LogP contribution in [0.15, 0.2) is 11.1 Å². The number of nitrogen functional groups attached to an aromatic ring is 1. The van der Waals surface area contributed by atoms with E-state index >= 15 is 0 Å². The molecule has 20 nitrogen and oxygen atoms in total. The number of aliphatic hydroxyl groups excluding tert-OH is 5. The summed E-state index contributed by atoms with van der Waals surface area (Å²) in [5.41, 5.74) is 8.58. The van der Waals surface area contributed by atoms with Crippen molar-refractivity contribution in [3.05, 3.63) is 16.7 Å². The first kappa shape index (κ1) is 30.4. The highest BCUT2D eigenvalue weighted by Gasteiger charge is 2.46. The lowest BCUT2D eigenvalue weighted by Crippen LogP contribution is -2.50. The molecule has 0 amide bonds. The van der Waals surface area contributed by atoms with E-state index in [1.54, 1.807) is 0 Å². The quantitative estimate of drug-likeness (QED) is 0.127. The number of hydrogen-bond acceptors (Lipinski definition) is 15. The van der Waals surface area contributed by atoms with Gasteiger partial charge in [0.05, 0.1) is 38.3 Å². The molecule has 2 aromatic rings. The molecular formula is C14H26N6O14P2. The van der Waals surface area contributed by atoms with E-state index in [0.29, 0.717) is 0 Å². The lowest BCUT2D eigenvalue weighted by molar-refractivity contribution is -0.0503. The molecule has 1 unspecified atom stereocenters. The van der Waals surface area contributed by atoms with Gasteiger partial charge in [-0.15, -0.1) is 0 Å². The molecule has 1 fully saturated rings. The fraction of sp³-hybridized carbons (Fsp3) is 0.643. The topological polar surface area (TPSA) is 339 Å². The van der Waals surface area contributed by atoms with Gasteiger partial charge in [0.1, 0.15) is 18.3 Å². The molecule has 2 aromatic heterocycles. The van der Waals surface area contributed by atoms with Crippen LogP contribution < -0.4 is 17.0 Å². The molecule has 3 heterocycles. The van der Waals surface area contributed by atoms with Crippen molar-refractivity contribution in [2.24, 2.45) is 5.73 Å². The Bertz CT molecular complexity index is 1170. The van der Waals surface area contributed by atoms with Gasteiger partial charge < -0.3 is 56.4 Å². The maximum Gasteiger partial charge on any atom is 0.481 e. The lowest BCUT2D eigenvalue weighted by Gasteiger charge is -2.20. The molecule has 0 radical (unpaired) electrons. The van der Waals surface area contributed by atoms with Crippen LogP contribution in [0.4, 0.5) is 5.95 Å². The molecule has 5 atom stereocenters. The number of aliphatic hydroxyl groups is 5. The monoisotopic (exact) mass is 564 g/mol. The van der Waals surface area contributed by atoms with Gasteiger partial charge in [0, 0.05) is 0 Å². The van der Waals surface area contributed by atoms with Gasteiger partial charge in [0.2, 0.25) is 5.95 Å². The van der Waals surface area contributed by atoms with Crippen LogP contribution in [0.25, 0.3) is 11.2 Å². The Morgan fingerprint density at radius 3 is 2.22 bits per heavy atom. The van der Waals surface area contributed by atoms with Gasteiger partial charge >= 0.3 is 15.6 Å². The minimum Gasteiger partial charge on any atom is -0.394 e. The molecule has 0 aliphatic carbocycles. The summed E-state index contributed by atoms with van der Waals surface area (Å²) in [6, 6.07) is 0. The molecule has 3 rings (SSSR count). The highest BCUT2D eigenvalue weighted by Crippen LogP contribution is 2.57. The minimum absolute atomic E-state index is 0.0586. The number of ether oxygens (including phenoxy) is 1. The van der Waals surface area contributed by atoms with E-state index in [1.807, 2.05) is 0 Å². The number of phosphoric acid groups is 2. The third-order valence-electron chi connectivity index (χ3n) is 4.62. The number of fused-ring (bicyclic) bond motifs is 1. The second kappa shape index (κ2) is 11.7. The third kappa shape index (κ3) is 7.57. The van der Waals surface area contributed by atoms with Crippen LogP contribution in [0, 0.1) is 0 Å². The number of anilines is 1. The van der Waals surface area contributed by atoms with Gasteiger partial charge in [-0.05, 0) is 0 Å². The molecule has 1 aliphatic rings. The predicted octanol–water partition coefficient (Wildman–Crippen LogP) is -4.79. The number of H-pyrrole nitrogens is 1. The summed E-state index contributed by atoms with van der Waals surface area (Å²) in [6.07, 6.45) is -4.88. The van der Waals surface area contributed by atoms with Crippen LogP contribution in [0.1, 0.15) is 6.23 Å². The predicted molar refractivity (Wildman–Crippen MR) is 116 cm³/mol. The molecule has 1 saturated heterocycles. The molecule has 13 N–H and O–H groups in total. The first-order valence-electron chi connectivity index (χ1n) is 9.66. The zero-order valence-electron chi connectivity index (χ0n) is 18.1. The van der Waals surface area contributed by atoms with E-state index in [1.165, 1.54) is 0 Å². The Labute approximate surface area is 200 Å². The number of hydrogen-bond donors (Lipinski definition) is 11. The maximum atomic E-state index is 11.8. The summed E-state index contributed by atoms with van der Waals surface area (Å²) in [6.45, 7) is -2.08. The summed E-state index contributed by atoms with van der Waals surface area (Å²) in [5, 5.41) is 45.3. The van der Waals surface area contributed by atoms with Gasteiger partial charge in [-0.25, -0.2) is 14.1 Å². The average Bonchev–Trinajstić information content (AvgIpc) is 3.32. The fourth-order valence-corrected chi connectivity index (χ4v) is 4.30. The number of imidazole rings is 1. The Morgan fingerprint density at radius 1 is 1.14 bits per heavy atom. The second-order valence-corrected chi connectivity index (χ2v) is 10.3. The summed E-state index contributed by atoms with van der Waals surface area (Å²) >= 11 is 0. The van der Waals surface area contributed by atoms with Crippen molar-refractivity contribution in [3.63, 3.8) is 0 Å². The molecule has 0 spiro atoms. The number of nitrogens with zero attached hydrogens (tertiary/aromatic N) is 3. The first-order chi connectivity index (χ1) is 16.6. The van der Waals surface area contributed by atoms with E-state index < -0.39 is 77.7 Å². The lowest BCUT2D eigenvalue weighted by atomic mass is 10.1. The van der Waals surface area contributed by atoms with E-state index in [2.05, 4.69) is 23.8 Å². The van der Waals surface area contributed by atoms with Crippen LogP contribution in [0.2, 0.25) is 0 Å². The van der Waals surface area contributed by atoms with E-state index in [9.17, 15) is 29.0 Å². The molecule has 22 heteroatoms. The second-order valence-electron chi connectivity index (χ2n) is 7.49. The summed E-state index contributed by atoms with van der Waals surface area (Å²) < 4.78 is 36.6. The molecule has 206 valence electrons. The third-order valence-corrected chi connectivity index (χ3v) is 6.77. The van der Waals surface area contributed by atoms with Crippen molar-refractivity contribution >= 4 is 32.8 Å². The molecule has 1 aliphatic heterocycles. The summed E-state index contributed by atoms with van der Waals surface area (Å²) in [5.74, 6) is -0.233. The number of rotatable bonds is 9. The number of phosphoric ester groups is 1. The average molecular weight is 564 g/mol. The van der Waals surface area contributed by atoms with Crippen LogP contribution in [-0.4, -0.2) is 110 Å². The molecule has 0 aromatic carbocycles. The van der Waals surface area contributed by atoms with Crippen molar-refractivity contribution in [3.8, 4) is 0 Å². The van der Waals surface area contributed by atoms with Crippen LogP contribution in [0.3, 0.4) is 0 Å². The minimum atomic E-state index is -5.32. The number of aromatic nitrogens is 4. The number of nitrogens with two attached hydrogens (primary N) is 2. The molecule has 0 saturated carbocycles. The smallest absolute Gasteiger partial charge is 0.394 e. The van der Waals surface area contributed by atoms with Gasteiger partial charge in [0.15, 0.2) is 17.4 Å². The molecule has 0 bridgehead atoms. The zero-order chi connectivity index (χ0) is 27.5. The van der Waals surface area contributed by atoms with Crippen LogP contribution in [0.5, 0.6) is 0 Å². The van der Waals surface area contributed by atoms with Crippen molar-refractivity contribution in [1.82, 2.24) is 19.5 Å². The summed E-state index contributed by atoms with van der Waals surface area (Å²) in [4.78, 5) is 48.1. The Morgan fingerprint density at radius 2 is 1.72 bits per heavy atom. The van der Waals surface area contributed by atoms with Crippen molar-refractivity contribution in [1.29, 1.82) is 0 Å².